The van der Waals surface area contributed by atoms with Crippen LogP contribution in [0.25, 0.3) is 0 Å². The van der Waals surface area contributed by atoms with Crippen molar-refractivity contribution >= 4 is 17.7 Å². The van der Waals surface area contributed by atoms with Crippen LogP contribution in [0, 0.1) is 19.8 Å². The summed E-state index contributed by atoms with van der Waals surface area (Å²) >= 11 is 1.47. The lowest BCUT2D eigenvalue weighted by atomic mass is 9.96. The van der Waals surface area contributed by atoms with Crippen LogP contribution in [0.15, 0.2) is 5.03 Å². The molecule has 1 N–H and O–H groups in total. The highest BCUT2D eigenvalue weighted by Gasteiger charge is 2.30. The number of amides is 1. The number of nitrogens with zero attached hydrogens (tertiary/aromatic N) is 3. The van der Waals surface area contributed by atoms with Gasteiger partial charge in [0.15, 0.2) is 0 Å². The van der Waals surface area contributed by atoms with Gasteiger partial charge >= 0.3 is 0 Å². The Morgan fingerprint density at radius 3 is 2.70 bits per heavy atom. The van der Waals surface area contributed by atoms with Gasteiger partial charge in [0.25, 0.3) is 5.91 Å². The SMILES string of the molecule is CSc1nc(C)nc(C)c1C(=O)N1CCC(O)C(C)C1. The molecule has 20 heavy (non-hydrogen) atoms. The third kappa shape index (κ3) is 2.96. The minimum Gasteiger partial charge on any atom is -0.393 e. The summed E-state index contributed by atoms with van der Waals surface area (Å²) in [6.45, 7) is 6.83. The number of aromatic nitrogens is 2. The molecule has 0 aliphatic carbocycles. The second kappa shape index (κ2) is 6.10. The number of likely N-dealkylation sites (tertiary alicyclic amines) is 1. The van der Waals surface area contributed by atoms with Crippen LogP contribution < -0.4 is 0 Å². The van der Waals surface area contributed by atoms with Gasteiger partial charge < -0.3 is 10.0 Å². The molecule has 1 amide bonds. The molecule has 110 valence electrons. The maximum Gasteiger partial charge on any atom is 0.258 e. The van der Waals surface area contributed by atoms with Gasteiger partial charge in [-0.15, -0.1) is 11.8 Å². The first-order chi connectivity index (χ1) is 9.43. The minimum absolute atomic E-state index is 0.0226. The number of hydrogen-bond donors (Lipinski definition) is 1. The third-order valence-corrected chi connectivity index (χ3v) is 4.41. The van der Waals surface area contributed by atoms with E-state index < -0.39 is 0 Å². The average molecular weight is 295 g/mol. The molecule has 1 aromatic rings. The summed E-state index contributed by atoms with van der Waals surface area (Å²) in [6.07, 6.45) is 2.24. The summed E-state index contributed by atoms with van der Waals surface area (Å²) in [4.78, 5) is 23.2. The third-order valence-electron chi connectivity index (χ3n) is 3.72. The summed E-state index contributed by atoms with van der Waals surface area (Å²) < 4.78 is 0. The highest BCUT2D eigenvalue weighted by Crippen LogP contribution is 2.25. The van der Waals surface area contributed by atoms with Crippen molar-refractivity contribution in [3.8, 4) is 0 Å². The van der Waals surface area contributed by atoms with Crippen LogP contribution in [0.2, 0.25) is 0 Å². The molecule has 1 aliphatic rings. The number of carbonyl (C=O) groups is 1. The van der Waals surface area contributed by atoms with Gasteiger partial charge in [0.1, 0.15) is 10.9 Å². The van der Waals surface area contributed by atoms with Gasteiger partial charge in [0.2, 0.25) is 0 Å². The lowest BCUT2D eigenvalue weighted by molar-refractivity contribution is 0.0294. The summed E-state index contributed by atoms with van der Waals surface area (Å²) in [5.74, 6) is 0.772. The van der Waals surface area contributed by atoms with Crippen molar-refractivity contribution < 1.29 is 9.90 Å². The number of rotatable bonds is 2. The highest BCUT2D eigenvalue weighted by atomic mass is 32.2. The van der Waals surface area contributed by atoms with E-state index in [9.17, 15) is 9.90 Å². The fourth-order valence-electron chi connectivity index (χ4n) is 2.55. The van der Waals surface area contributed by atoms with E-state index in [1.54, 1.807) is 4.90 Å². The summed E-state index contributed by atoms with van der Waals surface area (Å²) in [7, 11) is 0. The van der Waals surface area contributed by atoms with Crippen LogP contribution in [0.4, 0.5) is 0 Å². The molecular formula is C14H21N3O2S. The van der Waals surface area contributed by atoms with E-state index >= 15 is 0 Å². The van der Waals surface area contributed by atoms with Crippen LogP contribution >= 0.6 is 11.8 Å². The molecule has 0 saturated carbocycles. The van der Waals surface area contributed by atoms with E-state index in [1.807, 2.05) is 27.0 Å². The van der Waals surface area contributed by atoms with Gasteiger partial charge in [-0.25, -0.2) is 9.97 Å². The Kier molecular flexibility index (Phi) is 4.65. The smallest absolute Gasteiger partial charge is 0.258 e. The molecule has 5 nitrogen and oxygen atoms in total. The summed E-state index contributed by atoms with van der Waals surface area (Å²) in [5.41, 5.74) is 1.33. The molecule has 0 bridgehead atoms. The van der Waals surface area contributed by atoms with Gasteiger partial charge in [0.05, 0.1) is 17.4 Å². The molecule has 2 unspecified atom stereocenters. The first-order valence-corrected chi connectivity index (χ1v) is 8.03. The van der Waals surface area contributed by atoms with Crippen molar-refractivity contribution in [2.75, 3.05) is 19.3 Å². The number of aryl methyl sites for hydroxylation is 2. The molecule has 1 fully saturated rings. The van der Waals surface area contributed by atoms with Crippen molar-refractivity contribution in [3.05, 3.63) is 17.1 Å². The molecule has 1 saturated heterocycles. The van der Waals surface area contributed by atoms with Crippen LogP contribution in [0.3, 0.4) is 0 Å². The van der Waals surface area contributed by atoms with Crippen molar-refractivity contribution in [3.63, 3.8) is 0 Å². The number of thioether (sulfide) groups is 1. The summed E-state index contributed by atoms with van der Waals surface area (Å²) in [6, 6.07) is 0. The van der Waals surface area contributed by atoms with Gasteiger partial charge in [-0.3, -0.25) is 4.79 Å². The van der Waals surface area contributed by atoms with Gasteiger partial charge in [0, 0.05) is 13.1 Å². The second-order valence-corrected chi connectivity index (χ2v) is 6.12. The van der Waals surface area contributed by atoms with Crippen molar-refractivity contribution in [1.82, 2.24) is 14.9 Å². The topological polar surface area (TPSA) is 66.3 Å². The molecule has 2 heterocycles. The molecule has 1 aliphatic heterocycles. The Bertz CT molecular complexity index is 521. The Hall–Kier alpha value is -1.14. The van der Waals surface area contributed by atoms with Gasteiger partial charge in [-0.2, -0.15) is 0 Å². The quantitative estimate of drug-likeness (QED) is 0.664. The van der Waals surface area contributed by atoms with Crippen LogP contribution in [0.1, 0.15) is 35.2 Å². The zero-order chi connectivity index (χ0) is 14.9. The zero-order valence-corrected chi connectivity index (χ0v) is 13.2. The standard InChI is InChI=1S/C14H21N3O2S/c1-8-7-17(6-5-11(8)18)14(19)12-9(2)15-10(3)16-13(12)20-4/h8,11,18H,5-7H2,1-4H3. The number of piperidine rings is 1. The van der Waals surface area contributed by atoms with Crippen molar-refractivity contribution in [1.29, 1.82) is 0 Å². The number of aliphatic hydroxyl groups is 1. The van der Waals surface area contributed by atoms with Crippen LogP contribution in [-0.2, 0) is 0 Å². The first-order valence-electron chi connectivity index (χ1n) is 6.80. The Morgan fingerprint density at radius 1 is 1.40 bits per heavy atom. The molecule has 2 atom stereocenters. The molecule has 1 aromatic heterocycles. The molecule has 2 rings (SSSR count). The highest BCUT2D eigenvalue weighted by molar-refractivity contribution is 7.98. The minimum atomic E-state index is -0.311. The van der Waals surface area contributed by atoms with E-state index in [2.05, 4.69) is 9.97 Å². The first kappa shape index (κ1) is 15.3. The van der Waals surface area contributed by atoms with Crippen LogP contribution in [0.5, 0.6) is 0 Å². The number of carbonyl (C=O) groups excluding carboxylic acids is 1. The van der Waals surface area contributed by atoms with E-state index in [0.29, 0.717) is 30.9 Å². The summed E-state index contributed by atoms with van der Waals surface area (Å²) in [5, 5.41) is 10.5. The maximum atomic E-state index is 12.7. The molecule has 0 aromatic carbocycles. The molecular weight excluding hydrogens is 274 g/mol. The number of aliphatic hydroxyl groups excluding tert-OH is 1. The maximum absolute atomic E-state index is 12.7. The lowest BCUT2D eigenvalue weighted by Crippen LogP contribution is -2.45. The van der Waals surface area contributed by atoms with Crippen LogP contribution in [-0.4, -0.2) is 51.3 Å². The van der Waals surface area contributed by atoms with E-state index in [-0.39, 0.29) is 17.9 Å². The Labute approximate surface area is 123 Å². The van der Waals surface area contributed by atoms with Crippen molar-refractivity contribution in [2.24, 2.45) is 5.92 Å². The monoisotopic (exact) mass is 295 g/mol. The predicted molar refractivity (Wildman–Crippen MR) is 79.0 cm³/mol. The lowest BCUT2D eigenvalue weighted by Gasteiger charge is -2.34. The van der Waals surface area contributed by atoms with Gasteiger partial charge in [-0.05, 0) is 32.4 Å². The van der Waals surface area contributed by atoms with E-state index in [1.165, 1.54) is 11.8 Å². The Balaban J connectivity index is 2.30. The average Bonchev–Trinajstić information content (AvgIpc) is 2.40. The normalized spacial score (nSPS) is 22.9. The Morgan fingerprint density at radius 2 is 2.10 bits per heavy atom. The fourth-order valence-corrected chi connectivity index (χ4v) is 3.21. The fraction of sp³-hybridized carbons (Fsp3) is 0.643. The number of hydrogen-bond acceptors (Lipinski definition) is 5. The van der Waals surface area contributed by atoms with E-state index in [4.69, 9.17) is 0 Å². The molecule has 0 spiro atoms. The largest absolute Gasteiger partial charge is 0.393 e. The van der Waals surface area contributed by atoms with E-state index in [0.717, 1.165) is 10.7 Å². The van der Waals surface area contributed by atoms with Crippen molar-refractivity contribution in [2.45, 2.75) is 38.3 Å². The van der Waals surface area contributed by atoms with Gasteiger partial charge in [-0.1, -0.05) is 6.92 Å². The second-order valence-electron chi connectivity index (χ2n) is 5.32. The zero-order valence-electron chi connectivity index (χ0n) is 12.4. The molecule has 6 heteroatoms. The predicted octanol–water partition coefficient (Wildman–Crippen LogP) is 1.66. The molecule has 0 radical (unpaired) electrons.